The van der Waals surface area contributed by atoms with E-state index >= 15 is 0 Å². The highest BCUT2D eigenvalue weighted by atomic mass is 32.1. The number of benzene rings is 1. The summed E-state index contributed by atoms with van der Waals surface area (Å²) in [6.07, 6.45) is 0. The van der Waals surface area contributed by atoms with Crippen LogP contribution in [0.1, 0.15) is 30.5 Å². The molecule has 7 heteroatoms. The molecule has 20 heavy (non-hydrogen) atoms. The Hall–Kier alpha value is -1.86. The third-order valence-corrected chi connectivity index (χ3v) is 4.13. The van der Waals surface area contributed by atoms with Crippen LogP contribution in [0.25, 0.3) is 10.6 Å². The molecule has 0 spiro atoms. The molecule has 0 amide bonds. The molecule has 0 saturated carbocycles. The molecule has 2 rings (SSSR count). The molecule has 1 heterocycles. The van der Waals surface area contributed by atoms with Crippen LogP contribution < -0.4 is 5.32 Å². The van der Waals surface area contributed by atoms with Crippen molar-refractivity contribution in [1.82, 2.24) is 15.5 Å². The summed E-state index contributed by atoms with van der Waals surface area (Å²) in [5, 5.41) is 24.1. The second-order valence-corrected chi connectivity index (χ2v) is 5.49. The van der Waals surface area contributed by atoms with Gasteiger partial charge in [0.25, 0.3) is 5.69 Å². The summed E-state index contributed by atoms with van der Waals surface area (Å²) in [5.74, 6) is 0. The lowest BCUT2D eigenvalue weighted by molar-refractivity contribution is -0.385. The SMILES string of the molecule is CCNC(C)c1nnc(-c2ccc(C)c([N+](=O)[O-])c2)s1. The number of hydrogen-bond acceptors (Lipinski definition) is 6. The number of nitro groups is 1. The van der Waals surface area contributed by atoms with E-state index in [0.717, 1.165) is 17.1 Å². The van der Waals surface area contributed by atoms with Gasteiger partial charge in [-0.2, -0.15) is 0 Å². The molecular formula is C13H16N4O2S. The third-order valence-electron chi connectivity index (χ3n) is 2.97. The molecule has 0 aliphatic heterocycles. The number of hydrogen-bond donors (Lipinski definition) is 1. The summed E-state index contributed by atoms with van der Waals surface area (Å²) in [6, 6.07) is 5.26. The fourth-order valence-electron chi connectivity index (χ4n) is 1.86. The predicted octanol–water partition coefficient (Wildman–Crippen LogP) is 3.09. The van der Waals surface area contributed by atoms with Crippen molar-refractivity contribution >= 4 is 17.0 Å². The number of aryl methyl sites for hydroxylation is 1. The standard InChI is InChI=1S/C13H16N4O2S/c1-4-14-9(3)12-15-16-13(20-12)10-6-5-8(2)11(7-10)17(18)19/h5-7,9,14H,4H2,1-3H3. The molecule has 6 nitrogen and oxygen atoms in total. The molecule has 1 unspecified atom stereocenters. The van der Waals surface area contributed by atoms with E-state index in [2.05, 4.69) is 15.5 Å². The zero-order chi connectivity index (χ0) is 14.7. The van der Waals surface area contributed by atoms with Crippen LogP contribution in [0, 0.1) is 17.0 Å². The Kier molecular flexibility index (Phi) is 4.41. The van der Waals surface area contributed by atoms with Crippen molar-refractivity contribution in [3.05, 3.63) is 38.9 Å². The summed E-state index contributed by atoms with van der Waals surface area (Å²) in [7, 11) is 0. The van der Waals surface area contributed by atoms with Gasteiger partial charge in [-0.05, 0) is 20.4 Å². The van der Waals surface area contributed by atoms with Gasteiger partial charge in [0.05, 0.1) is 11.0 Å². The number of nitrogens with one attached hydrogen (secondary N) is 1. The summed E-state index contributed by atoms with van der Waals surface area (Å²) in [5.41, 5.74) is 1.48. The van der Waals surface area contributed by atoms with Crippen LogP contribution in [0.3, 0.4) is 0 Å². The Morgan fingerprint density at radius 2 is 2.20 bits per heavy atom. The van der Waals surface area contributed by atoms with E-state index < -0.39 is 0 Å². The highest BCUT2D eigenvalue weighted by Crippen LogP contribution is 2.30. The summed E-state index contributed by atoms with van der Waals surface area (Å²) in [4.78, 5) is 10.6. The lowest BCUT2D eigenvalue weighted by Gasteiger charge is -2.06. The largest absolute Gasteiger partial charge is 0.308 e. The van der Waals surface area contributed by atoms with Gasteiger partial charge in [-0.3, -0.25) is 10.1 Å². The van der Waals surface area contributed by atoms with Gasteiger partial charge in [0.15, 0.2) is 0 Å². The van der Waals surface area contributed by atoms with Gasteiger partial charge in [-0.25, -0.2) is 0 Å². The van der Waals surface area contributed by atoms with Crippen molar-refractivity contribution < 1.29 is 4.92 Å². The van der Waals surface area contributed by atoms with Crippen LogP contribution in [0.2, 0.25) is 0 Å². The van der Waals surface area contributed by atoms with E-state index in [1.54, 1.807) is 19.1 Å². The lowest BCUT2D eigenvalue weighted by Crippen LogP contribution is -2.17. The highest BCUT2D eigenvalue weighted by Gasteiger charge is 2.16. The van der Waals surface area contributed by atoms with Crippen molar-refractivity contribution in [2.75, 3.05) is 6.54 Å². The highest BCUT2D eigenvalue weighted by molar-refractivity contribution is 7.14. The van der Waals surface area contributed by atoms with E-state index in [9.17, 15) is 10.1 Å². The minimum absolute atomic E-state index is 0.110. The van der Waals surface area contributed by atoms with Gasteiger partial charge in [-0.15, -0.1) is 10.2 Å². The quantitative estimate of drug-likeness (QED) is 0.676. The molecule has 0 bridgehead atoms. The van der Waals surface area contributed by atoms with E-state index in [-0.39, 0.29) is 16.7 Å². The fourth-order valence-corrected chi connectivity index (χ4v) is 2.73. The van der Waals surface area contributed by atoms with Gasteiger partial charge in [0.2, 0.25) is 0 Å². The molecule has 1 N–H and O–H groups in total. The smallest absolute Gasteiger partial charge is 0.273 e. The fraction of sp³-hybridized carbons (Fsp3) is 0.385. The molecule has 0 saturated heterocycles. The summed E-state index contributed by atoms with van der Waals surface area (Å²) in [6.45, 7) is 6.62. The van der Waals surface area contributed by atoms with Crippen molar-refractivity contribution in [2.45, 2.75) is 26.8 Å². The second kappa shape index (κ2) is 6.06. The predicted molar refractivity (Wildman–Crippen MR) is 78.8 cm³/mol. The van der Waals surface area contributed by atoms with Crippen LogP contribution in [-0.2, 0) is 0 Å². The molecule has 0 aliphatic rings. The number of rotatable bonds is 5. The Labute approximate surface area is 121 Å². The first-order valence-electron chi connectivity index (χ1n) is 6.35. The Bertz CT molecular complexity index is 627. The molecule has 0 fully saturated rings. The Balaban J connectivity index is 2.33. The van der Waals surface area contributed by atoms with E-state index in [1.807, 2.05) is 19.9 Å². The molecule has 0 aliphatic carbocycles. The minimum Gasteiger partial charge on any atom is -0.308 e. The zero-order valence-electron chi connectivity index (χ0n) is 11.6. The first-order valence-corrected chi connectivity index (χ1v) is 7.16. The van der Waals surface area contributed by atoms with Crippen LogP contribution >= 0.6 is 11.3 Å². The van der Waals surface area contributed by atoms with E-state index in [4.69, 9.17) is 0 Å². The van der Waals surface area contributed by atoms with Gasteiger partial charge < -0.3 is 5.32 Å². The van der Waals surface area contributed by atoms with Crippen molar-refractivity contribution in [1.29, 1.82) is 0 Å². The van der Waals surface area contributed by atoms with Crippen LogP contribution in [0.4, 0.5) is 5.69 Å². The molecule has 1 atom stereocenters. The molecule has 1 aromatic carbocycles. The van der Waals surface area contributed by atoms with E-state index in [0.29, 0.717) is 10.6 Å². The van der Waals surface area contributed by atoms with Crippen molar-refractivity contribution in [3.8, 4) is 10.6 Å². The van der Waals surface area contributed by atoms with Gasteiger partial charge in [0, 0.05) is 17.2 Å². The number of nitro benzene ring substituents is 1. The molecule has 2 aromatic rings. The van der Waals surface area contributed by atoms with Gasteiger partial charge in [0.1, 0.15) is 10.0 Å². The molecule has 106 valence electrons. The maximum atomic E-state index is 11.0. The molecule has 0 radical (unpaired) electrons. The van der Waals surface area contributed by atoms with Crippen LogP contribution in [0.15, 0.2) is 18.2 Å². The summed E-state index contributed by atoms with van der Waals surface area (Å²) >= 11 is 1.45. The van der Waals surface area contributed by atoms with Crippen LogP contribution in [-0.4, -0.2) is 21.7 Å². The summed E-state index contributed by atoms with van der Waals surface area (Å²) < 4.78 is 0. The first kappa shape index (κ1) is 14.5. The number of aromatic nitrogens is 2. The Morgan fingerprint density at radius 1 is 1.45 bits per heavy atom. The van der Waals surface area contributed by atoms with Crippen molar-refractivity contribution in [2.24, 2.45) is 0 Å². The van der Waals surface area contributed by atoms with Gasteiger partial charge >= 0.3 is 0 Å². The molecular weight excluding hydrogens is 276 g/mol. The third kappa shape index (κ3) is 3.00. The maximum Gasteiger partial charge on any atom is 0.273 e. The maximum absolute atomic E-state index is 11.0. The lowest BCUT2D eigenvalue weighted by atomic mass is 10.1. The number of nitrogens with zero attached hydrogens (tertiary/aromatic N) is 3. The monoisotopic (exact) mass is 292 g/mol. The average molecular weight is 292 g/mol. The average Bonchev–Trinajstić information content (AvgIpc) is 2.89. The topological polar surface area (TPSA) is 81.0 Å². The van der Waals surface area contributed by atoms with Crippen LogP contribution in [0.5, 0.6) is 0 Å². The first-order chi connectivity index (χ1) is 9.52. The van der Waals surface area contributed by atoms with E-state index in [1.165, 1.54) is 11.3 Å². The minimum atomic E-state index is -0.373. The molecule has 1 aromatic heterocycles. The van der Waals surface area contributed by atoms with Crippen molar-refractivity contribution in [3.63, 3.8) is 0 Å². The normalized spacial score (nSPS) is 12.3. The van der Waals surface area contributed by atoms with Gasteiger partial charge in [-0.1, -0.05) is 30.4 Å². The zero-order valence-corrected chi connectivity index (χ0v) is 12.4. The second-order valence-electron chi connectivity index (χ2n) is 4.48. The Morgan fingerprint density at radius 3 is 2.85 bits per heavy atom.